The molecule has 0 aliphatic heterocycles. The lowest BCUT2D eigenvalue weighted by Crippen LogP contribution is -2.36. The minimum Gasteiger partial charge on any atom is -0.366 e. The van der Waals surface area contributed by atoms with Crippen molar-refractivity contribution in [1.29, 1.82) is 0 Å². The Hall–Kier alpha value is -2.90. The van der Waals surface area contributed by atoms with E-state index in [1.54, 1.807) is 0 Å². The number of hydrogen-bond donors (Lipinski definition) is 3. The molecule has 0 aromatic heterocycles. The van der Waals surface area contributed by atoms with Crippen molar-refractivity contribution >= 4 is 23.6 Å². The van der Waals surface area contributed by atoms with E-state index in [2.05, 4.69) is 38.3 Å². The Balaban J connectivity index is 3.30. The van der Waals surface area contributed by atoms with Crippen LogP contribution in [-0.2, 0) is 0 Å². The molecule has 1 aromatic carbocycles. The van der Waals surface area contributed by atoms with Gasteiger partial charge in [0.15, 0.2) is 0 Å². The van der Waals surface area contributed by atoms with Crippen LogP contribution in [-0.4, -0.2) is 54.7 Å². The maximum Gasteiger partial charge on any atom is 0.254 e. The summed E-state index contributed by atoms with van der Waals surface area (Å²) in [6.07, 6.45) is 26.3. The van der Waals surface area contributed by atoms with Crippen LogP contribution < -0.4 is 16.4 Å². The van der Waals surface area contributed by atoms with Crippen molar-refractivity contribution in [3.8, 4) is 0 Å². The monoisotopic (exact) mass is 699 g/mol. The van der Waals surface area contributed by atoms with Gasteiger partial charge in [-0.25, -0.2) is 0 Å². The Morgan fingerprint density at radius 3 is 1.14 bits per heavy atom. The predicted octanol–water partition coefficient (Wildman–Crippen LogP) is 10.1. The van der Waals surface area contributed by atoms with Crippen LogP contribution >= 0.6 is 0 Å². The van der Waals surface area contributed by atoms with E-state index in [0.717, 1.165) is 77.0 Å². The number of benzene rings is 1. The Labute approximate surface area is 305 Å². The molecule has 0 unspecified atom stereocenters. The van der Waals surface area contributed by atoms with Gasteiger partial charge in [-0.15, -0.1) is 0 Å². The van der Waals surface area contributed by atoms with Gasteiger partial charge in [-0.1, -0.05) is 156 Å². The summed E-state index contributed by atoms with van der Waals surface area (Å²) in [6.45, 7) is 10.9. The highest BCUT2D eigenvalue weighted by atomic mass is 16.2. The first-order chi connectivity index (χ1) is 24.3. The minimum absolute atomic E-state index is 0.0110. The van der Waals surface area contributed by atoms with Gasteiger partial charge < -0.3 is 21.3 Å². The van der Waals surface area contributed by atoms with Gasteiger partial charge >= 0.3 is 0 Å². The number of unbranched alkanes of at least 4 members (excludes halogenated alkanes) is 20. The zero-order chi connectivity index (χ0) is 36.8. The summed E-state index contributed by atoms with van der Waals surface area (Å²) in [7, 11) is 0. The lowest BCUT2D eigenvalue weighted by molar-refractivity contribution is 0.0743. The van der Waals surface area contributed by atoms with Crippen LogP contribution in [0.25, 0.3) is 0 Å². The van der Waals surface area contributed by atoms with E-state index in [1.807, 2.05) is 4.90 Å². The summed E-state index contributed by atoms with van der Waals surface area (Å²) in [6, 6.07) is 2.83. The van der Waals surface area contributed by atoms with Crippen LogP contribution in [0.3, 0.4) is 0 Å². The van der Waals surface area contributed by atoms with E-state index in [0.29, 0.717) is 26.2 Å². The normalized spacial score (nSPS) is 11.0. The van der Waals surface area contributed by atoms with Gasteiger partial charge in [0.2, 0.25) is 5.91 Å². The van der Waals surface area contributed by atoms with Crippen molar-refractivity contribution in [2.45, 2.75) is 182 Å². The van der Waals surface area contributed by atoms with Crippen molar-refractivity contribution in [3.05, 3.63) is 34.4 Å². The molecule has 0 radical (unpaired) electrons. The number of carbonyl (C=O) groups is 4. The van der Waals surface area contributed by atoms with Crippen LogP contribution in [0, 0.1) is 0 Å². The summed E-state index contributed by atoms with van der Waals surface area (Å²) in [5, 5.41) is 5.93. The smallest absolute Gasteiger partial charge is 0.254 e. The number of carbonyl (C=O) groups excluding carboxylic acids is 4. The first kappa shape index (κ1) is 45.1. The van der Waals surface area contributed by atoms with Gasteiger partial charge in [0.25, 0.3) is 17.7 Å². The Morgan fingerprint density at radius 1 is 0.460 bits per heavy atom. The molecule has 8 nitrogen and oxygen atoms in total. The summed E-state index contributed by atoms with van der Waals surface area (Å²) >= 11 is 0. The van der Waals surface area contributed by atoms with Crippen molar-refractivity contribution in [2.75, 3.05) is 26.2 Å². The molecule has 0 saturated heterocycles. The average molecular weight is 699 g/mol. The van der Waals surface area contributed by atoms with Crippen LogP contribution in [0.5, 0.6) is 0 Å². The first-order valence-corrected chi connectivity index (χ1v) is 20.7. The second-order valence-corrected chi connectivity index (χ2v) is 14.2. The third kappa shape index (κ3) is 19.5. The molecule has 0 spiro atoms. The van der Waals surface area contributed by atoms with Gasteiger partial charge in [0.05, 0.1) is 22.3 Å². The van der Waals surface area contributed by atoms with Gasteiger partial charge in [-0.2, -0.15) is 0 Å². The summed E-state index contributed by atoms with van der Waals surface area (Å²) < 4.78 is 0. The number of rotatable bonds is 32. The highest BCUT2D eigenvalue weighted by Crippen LogP contribution is 2.22. The third-order valence-corrected chi connectivity index (χ3v) is 9.62. The van der Waals surface area contributed by atoms with E-state index in [1.165, 1.54) is 89.2 Å². The standard InChI is InChI=1S/C42H74N4O4/c1-5-9-13-17-21-25-29-44-40(48)36-33-35(39(43)47)38(34-37(36)41(49)45-30-26-22-18-14-10-6-2)42(50)46(31-27-23-19-15-11-7-3)32-28-24-20-16-12-8-4/h33-34H,5-32H2,1-4H3,(H2,43,47)(H,44,48)(H,45,49). The summed E-state index contributed by atoms with van der Waals surface area (Å²) in [5.74, 6) is -1.92. The molecule has 0 heterocycles. The number of hydrogen-bond acceptors (Lipinski definition) is 4. The van der Waals surface area contributed by atoms with Crippen molar-refractivity contribution in [1.82, 2.24) is 15.5 Å². The quantitative estimate of drug-likeness (QED) is 0.0648. The largest absolute Gasteiger partial charge is 0.366 e. The molecular weight excluding hydrogens is 624 g/mol. The number of nitrogens with one attached hydrogen (secondary N) is 2. The molecule has 1 aromatic rings. The number of primary amides is 1. The Bertz CT molecular complexity index is 1070. The molecule has 0 aliphatic carbocycles. The van der Waals surface area contributed by atoms with Crippen LogP contribution in [0.15, 0.2) is 12.1 Å². The Kier molecular flexibility index (Phi) is 26.9. The lowest BCUT2D eigenvalue weighted by Gasteiger charge is -2.25. The molecular formula is C42H74N4O4. The molecule has 0 aliphatic rings. The van der Waals surface area contributed by atoms with Crippen LogP contribution in [0.2, 0.25) is 0 Å². The number of nitrogens with two attached hydrogens (primary N) is 1. The minimum atomic E-state index is -0.781. The van der Waals surface area contributed by atoms with Crippen molar-refractivity contribution < 1.29 is 19.2 Å². The van der Waals surface area contributed by atoms with Crippen molar-refractivity contribution in [2.24, 2.45) is 5.73 Å². The molecule has 1 rings (SSSR count). The molecule has 286 valence electrons. The Morgan fingerprint density at radius 2 is 0.780 bits per heavy atom. The zero-order valence-corrected chi connectivity index (χ0v) is 32.6. The molecule has 0 atom stereocenters. The van der Waals surface area contributed by atoms with E-state index in [-0.39, 0.29) is 28.2 Å². The van der Waals surface area contributed by atoms with E-state index in [4.69, 9.17) is 5.73 Å². The molecule has 50 heavy (non-hydrogen) atoms. The second-order valence-electron chi connectivity index (χ2n) is 14.2. The highest BCUT2D eigenvalue weighted by Gasteiger charge is 2.27. The fourth-order valence-electron chi connectivity index (χ4n) is 6.41. The van der Waals surface area contributed by atoms with Gasteiger partial charge in [0, 0.05) is 26.2 Å². The topological polar surface area (TPSA) is 122 Å². The van der Waals surface area contributed by atoms with E-state index >= 15 is 0 Å². The van der Waals surface area contributed by atoms with Crippen LogP contribution in [0.4, 0.5) is 0 Å². The van der Waals surface area contributed by atoms with Gasteiger partial charge in [0.1, 0.15) is 0 Å². The molecule has 4 N–H and O–H groups in total. The fourth-order valence-corrected chi connectivity index (χ4v) is 6.41. The summed E-state index contributed by atoms with van der Waals surface area (Å²) in [5.41, 5.74) is 6.16. The molecule has 0 bridgehead atoms. The molecule has 8 heteroatoms. The van der Waals surface area contributed by atoms with Crippen molar-refractivity contribution in [3.63, 3.8) is 0 Å². The van der Waals surface area contributed by atoms with E-state index < -0.39 is 17.7 Å². The summed E-state index contributed by atoms with van der Waals surface area (Å²) in [4.78, 5) is 56.1. The number of amides is 4. The lowest BCUT2D eigenvalue weighted by atomic mass is 9.95. The second kappa shape index (κ2) is 29.8. The molecule has 0 fully saturated rings. The molecule has 0 saturated carbocycles. The first-order valence-electron chi connectivity index (χ1n) is 20.7. The predicted molar refractivity (Wildman–Crippen MR) is 209 cm³/mol. The maximum atomic E-state index is 14.2. The fraction of sp³-hybridized carbons (Fsp3) is 0.762. The van der Waals surface area contributed by atoms with Gasteiger partial charge in [-0.05, 0) is 37.8 Å². The van der Waals surface area contributed by atoms with Gasteiger partial charge in [-0.3, -0.25) is 19.2 Å². The number of nitrogens with zero attached hydrogens (tertiary/aromatic N) is 1. The van der Waals surface area contributed by atoms with E-state index in [9.17, 15) is 19.2 Å². The SMILES string of the molecule is CCCCCCCCNC(=O)c1cc(C(N)=O)c(C(=O)N(CCCCCCCC)CCCCCCCC)cc1C(=O)NCCCCCCCC. The molecule has 4 amide bonds. The average Bonchev–Trinajstić information content (AvgIpc) is 3.11. The third-order valence-electron chi connectivity index (χ3n) is 9.62. The highest BCUT2D eigenvalue weighted by molar-refractivity contribution is 6.13. The zero-order valence-electron chi connectivity index (χ0n) is 32.6. The van der Waals surface area contributed by atoms with Crippen LogP contribution in [0.1, 0.15) is 223 Å². The maximum absolute atomic E-state index is 14.2.